The molecule has 0 radical (unpaired) electrons. The van der Waals surface area contributed by atoms with E-state index in [9.17, 15) is 9.59 Å². The van der Waals surface area contributed by atoms with Gasteiger partial charge in [-0.25, -0.2) is 0 Å². The molecule has 5 nitrogen and oxygen atoms in total. The molecule has 0 saturated carbocycles. The van der Waals surface area contributed by atoms with E-state index >= 15 is 0 Å². The molecule has 0 fully saturated rings. The van der Waals surface area contributed by atoms with E-state index < -0.39 is 0 Å². The summed E-state index contributed by atoms with van der Waals surface area (Å²) in [6, 6.07) is 21.1. The normalized spacial score (nSPS) is 10.3. The monoisotopic (exact) mass is 377 g/mol. The van der Waals surface area contributed by atoms with Gasteiger partial charge in [-0.3, -0.25) is 9.59 Å². The number of nitrogen functional groups attached to an aromatic ring is 1. The van der Waals surface area contributed by atoms with Crippen LogP contribution in [0.1, 0.15) is 20.7 Å². The largest absolute Gasteiger partial charge is 0.398 e. The van der Waals surface area contributed by atoms with Crippen LogP contribution < -0.4 is 16.0 Å². The standard InChI is InChI=1S/C21H19N3O2S/c1-24(17-8-3-2-4-9-17)21(26)15-6-5-7-16(12-15)23-20(25)14-10-11-19(27)18(22)13-14/h2-13,27H,22H2,1H3,(H,23,25). The quantitative estimate of drug-likeness (QED) is 0.474. The summed E-state index contributed by atoms with van der Waals surface area (Å²) in [6.45, 7) is 0. The Morgan fingerprint density at radius 2 is 1.67 bits per heavy atom. The van der Waals surface area contributed by atoms with Crippen LogP contribution in [0.2, 0.25) is 0 Å². The summed E-state index contributed by atoms with van der Waals surface area (Å²) in [4.78, 5) is 27.3. The predicted octanol–water partition coefficient (Wildman–Crippen LogP) is 4.09. The van der Waals surface area contributed by atoms with Crippen molar-refractivity contribution < 1.29 is 9.59 Å². The Morgan fingerprint density at radius 1 is 0.926 bits per heavy atom. The van der Waals surface area contributed by atoms with Crippen LogP contribution >= 0.6 is 12.6 Å². The van der Waals surface area contributed by atoms with E-state index in [4.69, 9.17) is 5.73 Å². The van der Waals surface area contributed by atoms with Gasteiger partial charge in [0.2, 0.25) is 0 Å². The Balaban J connectivity index is 1.78. The number of nitrogens with zero attached hydrogens (tertiary/aromatic N) is 1. The lowest BCUT2D eigenvalue weighted by Gasteiger charge is -2.17. The third-order valence-corrected chi connectivity index (χ3v) is 4.51. The van der Waals surface area contributed by atoms with Crippen LogP contribution in [-0.4, -0.2) is 18.9 Å². The van der Waals surface area contributed by atoms with Crippen molar-refractivity contribution in [3.63, 3.8) is 0 Å². The number of rotatable bonds is 4. The van der Waals surface area contributed by atoms with Crippen molar-refractivity contribution in [1.82, 2.24) is 0 Å². The number of thiol groups is 1. The molecule has 0 atom stereocenters. The zero-order valence-corrected chi connectivity index (χ0v) is 15.6. The van der Waals surface area contributed by atoms with Crippen LogP contribution in [0.25, 0.3) is 0 Å². The summed E-state index contributed by atoms with van der Waals surface area (Å²) < 4.78 is 0. The van der Waals surface area contributed by atoms with Crippen molar-refractivity contribution in [2.75, 3.05) is 23.0 Å². The molecule has 0 aliphatic carbocycles. The van der Waals surface area contributed by atoms with Crippen LogP contribution in [0.15, 0.2) is 77.7 Å². The Kier molecular flexibility index (Phi) is 5.47. The molecular weight excluding hydrogens is 358 g/mol. The van der Waals surface area contributed by atoms with Gasteiger partial charge in [-0.05, 0) is 48.5 Å². The molecule has 3 aromatic rings. The van der Waals surface area contributed by atoms with E-state index in [2.05, 4.69) is 17.9 Å². The molecule has 2 amide bonds. The second-order valence-corrected chi connectivity index (χ2v) is 6.49. The highest BCUT2D eigenvalue weighted by atomic mass is 32.1. The molecule has 0 spiro atoms. The summed E-state index contributed by atoms with van der Waals surface area (Å²) in [5.74, 6) is -0.475. The van der Waals surface area contributed by atoms with Crippen molar-refractivity contribution in [3.8, 4) is 0 Å². The molecule has 0 aliphatic rings. The van der Waals surface area contributed by atoms with Gasteiger partial charge >= 0.3 is 0 Å². The lowest BCUT2D eigenvalue weighted by molar-refractivity contribution is 0.0990. The highest BCUT2D eigenvalue weighted by molar-refractivity contribution is 7.80. The van der Waals surface area contributed by atoms with Crippen LogP contribution in [-0.2, 0) is 0 Å². The Bertz CT molecular complexity index is 990. The van der Waals surface area contributed by atoms with Crippen molar-refractivity contribution in [2.45, 2.75) is 4.90 Å². The Labute approximate surface area is 163 Å². The molecule has 27 heavy (non-hydrogen) atoms. The van der Waals surface area contributed by atoms with Crippen molar-refractivity contribution in [2.24, 2.45) is 0 Å². The van der Waals surface area contributed by atoms with Crippen LogP contribution in [0.3, 0.4) is 0 Å². The maximum atomic E-state index is 12.7. The number of nitrogens with one attached hydrogen (secondary N) is 1. The minimum atomic E-state index is -0.309. The molecule has 0 heterocycles. The van der Waals surface area contributed by atoms with Crippen molar-refractivity contribution in [1.29, 1.82) is 0 Å². The van der Waals surface area contributed by atoms with Gasteiger partial charge in [0.25, 0.3) is 11.8 Å². The average Bonchev–Trinajstić information content (AvgIpc) is 2.69. The van der Waals surface area contributed by atoms with E-state index in [1.54, 1.807) is 54.4 Å². The number of hydrogen-bond acceptors (Lipinski definition) is 4. The van der Waals surface area contributed by atoms with Gasteiger partial charge < -0.3 is 16.0 Å². The minimum absolute atomic E-state index is 0.166. The van der Waals surface area contributed by atoms with Crippen LogP contribution in [0.5, 0.6) is 0 Å². The number of benzene rings is 3. The number of nitrogens with two attached hydrogens (primary N) is 1. The SMILES string of the molecule is CN(C(=O)c1cccc(NC(=O)c2ccc(S)c(N)c2)c1)c1ccccc1. The first-order valence-electron chi connectivity index (χ1n) is 8.29. The second-order valence-electron chi connectivity index (χ2n) is 6.01. The third-order valence-electron chi connectivity index (χ3n) is 4.11. The van der Waals surface area contributed by atoms with Gasteiger partial charge in [0.1, 0.15) is 0 Å². The zero-order chi connectivity index (χ0) is 19.4. The van der Waals surface area contributed by atoms with Gasteiger partial charge in [-0.2, -0.15) is 0 Å². The lowest BCUT2D eigenvalue weighted by atomic mass is 10.1. The fraction of sp³-hybridized carbons (Fsp3) is 0.0476. The lowest BCUT2D eigenvalue weighted by Crippen LogP contribution is -2.26. The molecule has 0 aromatic heterocycles. The molecule has 0 aliphatic heterocycles. The summed E-state index contributed by atoms with van der Waals surface area (Å²) in [6.07, 6.45) is 0. The summed E-state index contributed by atoms with van der Waals surface area (Å²) in [7, 11) is 1.71. The first-order chi connectivity index (χ1) is 13.0. The van der Waals surface area contributed by atoms with Gasteiger partial charge in [0.05, 0.1) is 0 Å². The van der Waals surface area contributed by atoms with E-state index in [1.165, 1.54) is 0 Å². The number of para-hydroxylation sites is 1. The smallest absolute Gasteiger partial charge is 0.258 e. The maximum absolute atomic E-state index is 12.7. The third kappa shape index (κ3) is 4.30. The van der Waals surface area contributed by atoms with Gasteiger partial charge in [0, 0.05) is 40.1 Å². The first kappa shape index (κ1) is 18.5. The number of carbonyl (C=O) groups excluding carboxylic acids is 2. The summed E-state index contributed by atoms with van der Waals surface area (Å²) >= 11 is 4.20. The Hall–Kier alpha value is -3.25. The van der Waals surface area contributed by atoms with Gasteiger partial charge in [0.15, 0.2) is 0 Å². The number of amides is 2. The minimum Gasteiger partial charge on any atom is -0.398 e. The molecule has 6 heteroatoms. The van der Waals surface area contributed by atoms with Gasteiger partial charge in [-0.15, -0.1) is 12.6 Å². The first-order valence-corrected chi connectivity index (χ1v) is 8.73. The topological polar surface area (TPSA) is 75.4 Å². The highest BCUT2D eigenvalue weighted by Gasteiger charge is 2.14. The van der Waals surface area contributed by atoms with Crippen LogP contribution in [0.4, 0.5) is 17.1 Å². The zero-order valence-electron chi connectivity index (χ0n) is 14.7. The number of hydrogen-bond donors (Lipinski definition) is 3. The Morgan fingerprint density at radius 3 is 2.37 bits per heavy atom. The van der Waals surface area contributed by atoms with Crippen molar-refractivity contribution in [3.05, 3.63) is 83.9 Å². The van der Waals surface area contributed by atoms with E-state index in [-0.39, 0.29) is 11.8 Å². The predicted molar refractivity (Wildman–Crippen MR) is 112 cm³/mol. The van der Waals surface area contributed by atoms with Crippen molar-refractivity contribution >= 4 is 41.5 Å². The average molecular weight is 377 g/mol. The maximum Gasteiger partial charge on any atom is 0.258 e. The number of carbonyl (C=O) groups is 2. The molecular formula is C21H19N3O2S. The van der Waals surface area contributed by atoms with E-state index in [1.807, 2.05) is 30.3 Å². The molecule has 0 unspecified atom stereocenters. The number of anilines is 3. The highest BCUT2D eigenvalue weighted by Crippen LogP contribution is 2.20. The molecule has 0 bridgehead atoms. The molecule has 136 valence electrons. The van der Waals surface area contributed by atoms with E-state index in [0.717, 1.165) is 5.69 Å². The van der Waals surface area contributed by atoms with Gasteiger partial charge in [-0.1, -0.05) is 24.3 Å². The summed E-state index contributed by atoms with van der Waals surface area (Å²) in [5, 5.41) is 2.79. The molecule has 3 N–H and O–H groups in total. The van der Waals surface area contributed by atoms with E-state index in [0.29, 0.717) is 27.4 Å². The summed E-state index contributed by atoms with van der Waals surface area (Å²) in [5.41, 5.74) is 8.44. The fourth-order valence-electron chi connectivity index (χ4n) is 2.59. The molecule has 0 saturated heterocycles. The second kappa shape index (κ2) is 7.97. The van der Waals surface area contributed by atoms with Crippen LogP contribution in [0, 0.1) is 0 Å². The molecule has 3 rings (SSSR count). The molecule has 3 aromatic carbocycles. The fourth-order valence-corrected chi connectivity index (χ4v) is 2.73.